The molecular weight excluding hydrogens is 403 g/mol. The van der Waals surface area contributed by atoms with Gasteiger partial charge in [-0.2, -0.15) is 0 Å². The summed E-state index contributed by atoms with van der Waals surface area (Å²) in [5.74, 6) is 1.87. The van der Waals surface area contributed by atoms with E-state index in [4.69, 9.17) is 9.73 Å². The molecule has 2 fully saturated rings. The second kappa shape index (κ2) is 10.0. The fraction of sp³-hybridized carbons (Fsp3) is 0.941. The van der Waals surface area contributed by atoms with Crippen molar-refractivity contribution in [2.45, 2.75) is 45.1 Å². The van der Waals surface area contributed by atoms with Crippen molar-refractivity contribution in [2.75, 3.05) is 53.5 Å². The fourth-order valence-corrected chi connectivity index (χ4v) is 3.53. The lowest BCUT2D eigenvalue weighted by Gasteiger charge is -2.42. The van der Waals surface area contributed by atoms with Crippen molar-refractivity contribution in [3.63, 3.8) is 0 Å². The van der Waals surface area contributed by atoms with E-state index in [9.17, 15) is 0 Å². The normalized spacial score (nSPS) is 25.2. The summed E-state index contributed by atoms with van der Waals surface area (Å²) in [5, 5.41) is 3.49. The molecule has 0 saturated carbocycles. The minimum absolute atomic E-state index is 0. The first-order valence-electron chi connectivity index (χ1n) is 8.86. The minimum Gasteiger partial charge on any atom is -0.381 e. The summed E-state index contributed by atoms with van der Waals surface area (Å²) in [4.78, 5) is 9.82. The second-order valence-electron chi connectivity index (χ2n) is 7.09. The van der Waals surface area contributed by atoms with Crippen molar-refractivity contribution in [2.24, 2.45) is 10.9 Å². The Kier molecular flexibility index (Phi) is 9.15. The second-order valence-corrected chi connectivity index (χ2v) is 7.09. The van der Waals surface area contributed by atoms with E-state index in [1.54, 1.807) is 0 Å². The van der Waals surface area contributed by atoms with Crippen LogP contribution in [0.2, 0.25) is 0 Å². The van der Waals surface area contributed by atoms with Crippen molar-refractivity contribution in [1.82, 2.24) is 15.1 Å². The van der Waals surface area contributed by atoms with Crippen molar-refractivity contribution in [3.8, 4) is 0 Å². The maximum atomic E-state index is 5.56. The van der Waals surface area contributed by atoms with Crippen molar-refractivity contribution < 1.29 is 4.74 Å². The number of guanidine groups is 1. The van der Waals surface area contributed by atoms with Crippen LogP contribution in [0.3, 0.4) is 0 Å². The van der Waals surface area contributed by atoms with Gasteiger partial charge in [0, 0.05) is 38.4 Å². The Morgan fingerprint density at radius 2 is 2.04 bits per heavy atom. The number of aliphatic imine (C=N–C) groups is 1. The Hall–Kier alpha value is -0.0800. The van der Waals surface area contributed by atoms with Crippen LogP contribution in [-0.2, 0) is 4.74 Å². The number of ether oxygens (including phenoxy) is 1. The summed E-state index contributed by atoms with van der Waals surface area (Å²) in [7, 11) is 4.35. The third-order valence-corrected chi connectivity index (χ3v) is 5.19. The number of rotatable bonds is 4. The molecule has 1 atom stereocenters. The molecule has 6 heteroatoms. The largest absolute Gasteiger partial charge is 0.381 e. The van der Waals surface area contributed by atoms with Gasteiger partial charge in [-0.05, 0) is 52.6 Å². The lowest BCUT2D eigenvalue weighted by Crippen LogP contribution is -2.52. The molecule has 0 aromatic carbocycles. The third kappa shape index (κ3) is 5.74. The van der Waals surface area contributed by atoms with Crippen molar-refractivity contribution in [1.29, 1.82) is 0 Å². The van der Waals surface area contributed by atoms with Crippen LogP contribution >= 0.6 is 24.0 Å². The molecular formula is C17H35IN4O. The molecule has 2 aliphatic heterocycles. The van der Waals surface area contributed by atoms with Gasteiger partial charge in [-0.3, -0.25) is 4.99 Å². The average Bonchev–Trinajstić information content (AvgIpc) is 2.52. The maximum absolute atomic E-state index is 5.56. The highest BCUT2D eigenvalue weighted by molar-refractivity contribution is 14.0. The molecule has 5 nitrogen and oxygen atoms in total. The summed E-state index contributed by atoms with van der Waals surface area (Å²) in [6.07, 6.45) is 4.76. The molecule has 1 unspecified atom stereocenters. The number of nitrogens with zero attached hydrogens (tertiary/aromatic N) is 3. The Bertz CT molecular complexity index is 370. The van der Waals surface area contributed by atoms with Gasteiger partial charge >= 0.3 is 0 Å². The van der Waals surface area contributed by atoms with Crippen LogP contribution in [-0.4, -0.2) is 74.8 Å². The highest BCUT2D eigenvalue weighted by atomic mass is 127. The predicted octanol–water partition coefficient (Wildman–Crippen LogP) is 2.41. The zero-order chi connectivity index (χ0) is 16.0. The van der Waals surface area contributed by atoms with E-state index < -0.39 is 0 Å². The van der Waals surface area contributed by atoms with Crippen LogP contribution in [0.4, 0.5) is 0 Å². The maximum Gasteiger partial charge on any atom is 0.193 e. The summed E-state index contributed by atoms with van der Waals surface area (Å²) >= 11 is 0. The van der Waals surface area contributed by atoms with E-state index in [1.165, 1.54) is 12.8 Å². The molecule has 136 valence electrons. The predicted molar refractivity (Wildman–Crippen MR) is 108 cm³/mol. The Morgan fingerprint density at radius 3 is 2.61 bits per heavy atom. The highest BCUT2D eigenvalue weighted by Gasteiger charge is 2.35. The van der Waals surface area contributed by atoms with E-state index in [0.29, 0.717) is 0 Å². The number of nitrogens with one attached hydrogen (secondary N) is 1. The number of halogens is 1. The van der Waals surface area contributed by atoms with Gasteiger partial charge in [0.05, 0.1) is 6.54 Å². The van der Waals surface area contributed by atoms with Crippen LogP contribution in [0.25, 0.3) is 0 Å². The number of piperidine rings is 1. The summed E-state index contributed by atoms with van der Waals surface area (Å²) in [6.45, 7) is 10.3. The van der Waals surface area contributed by atoms with Gasteiger partial charge in [0.25, 0.3) is 0 Å². The smallest absolute Gasteiger partial charge is 0.193 e. The number of hydrogen-bond acceptors (Lipinski definition) is 3. The lowest BCUT2D eigenvalue weighted by molar-refractivity contribution is -0.00266. The van der Waals surface area contributed by atoms with Gasteiger partial charge in [-0.25, -0.2) is 0 Å². The van der Waals surface area contributed by atoms with E-state index >= 15 is 0 Å². The molecule has 0 aromatic rings. The van der Waals surface area contributed by atoms with Gasteiger partial charge < -0.3 is 19.9 Å². The SMILES string of the molecule is CCNC(=NCC1(N(C)C)CCOCC1)N1CCCC(C)C1.I. The zero-order valence-corrected chi connectivity index (χ0v) is 17.6. The summed E-state index contributed by atoms with van der Waals surface area (Å²) in [6, 6.07) is 0. The van der Waals surface area contributed by atoms with Gasteiger partial charge in [0.2, 0.25) is 0 Å². The lowest BCUT2D eigenvalue weighted by atomic mass is 9.89. The van der Waals surface area contributed by atoms with E-state index in [-0.39, 0.29) is 29.5 Å². The molecule has 0 spiro atoms. The van der Waals surface area contributed by atoms with Gasteiger partial charge in [0.1, 0.15) is 0 Å². The molecule has 0 aromatic heterocycles. The van der Waals surface area contributed by atoms with E-state index in [1.807, 2.05) is 0 Å². The van der Waals surface area contributed by atoms with Crippen molar-refractivity contribution in [3.05, 3.63) is 0 Å². The van der Waals surface area contributed by atoms with Crippen LogP contribution in [0.5, 0.6) is 0 Å². The summed E-state index contributed by atoms with van der Waals surface area (Å²) in [5.41, 5.74) is 0.153. The first-order chi connectivity index (χ1) is 10.6. The first kappa shape index (κ1) is 21.0. The van der Waals surface area contributed by atoms with Crippen LogP contribution in [0, 0.1) is 5.92 Å². The van der Waals surface area contributed by atoms with Crippen molar-refractivity contribution >= 4 is 29.9 Å². The zero-order valence-electron chi connectivity index (χ0n) is 15.3. The molecule has 0 amide bonds. The monoisotopic (exact) mass is 438 g/mol. The Labute approximate surface area is 159 Å². The minimum atomic E-state index is 0. The topological polar surface area (TPSA) is 40.1 Å². The van der Waals surface area contributed by atoms with Crippen LogP contribution < -0.4 is 5.32 Å². The van der Waals surface area contributed by atoms with Crippen LogP contribution in [0.15, 0.2) is 4.99 Å². The highest BCUT2D eigenvalue weighted by Crippen LogP contribution is 2.26. The number of hydrogen-bond donors (Lipinski definition) is 1. The summed E-state index contributed by atoms with van der Waals surface area (Å²) < 4.78 is 5.56. The third-order valence-electron chi connectivity index (χ3n) is 5.19. The first-order valence-corrected chi connectivity index (χ1v) is 8.86. The molecule has 1 N–H and O–H groups in total. The van der Waals surface area contributed by atoms with Gasteiger partial charge in [-0.15, -0.1) is 24.0 Å². The van der Waals surface area contributed by atoms with Gasteiger partial charge in [0.15, 0.2) is 5.96 Å². The molecule has 2 heterocycles. The average molecular weight is 438 g/mol. The number of likely N-dealkylation sites (tertiary alicyclic amines) is 1. The Morgan fingerprint density at radius 1 is 1.35 bits per heavy atom. The molecule has 0 radical (unpaired) electrons. The standard InChI is InChI=1S/C17H34N4O.HI/c1-5-18-16(21-10-6-7-15(2)13-21)19-14-17(20(3)4)8-11-22-12-9-17;/h15H,5-14H2,1-4H3,(H,18,19);1H. The number of likely N-dealkylation sites (N-methyl/N-ethyl adjacent to an activating group) is 1. The molecule has 0 bridgehead atoms. The Balaban J connectivity index is 0.00000264. The van der Waals surface area contributed by atoms with E-state index in [0.717, 1.165) is 64.1 Å². The fourth-order valence-electron chi connectivity index (χ4n) is 3.53. The van der Waals surface area contributed by atoms with Crippen LogP contribution in [0.1, 0.15) is 39.5 Å². The molecule has 0 aliphatic carbocycles. The molecule has 2 aliphatic rings. The quantitative estimate of drug-likeness (QED) is 0.416. The van der Waals surface area contributed by atoms with Gasteiger partial charge in [-0.1, -0.05) is 6.92 Å². The molecule has 2 saturated heterocycles. The molecule has 2 rings (SSSR count). The molecule has 23 heavy (non-hydrogen) atoms. The van der Waals surface area contributed by atoms with E-state index in [2.05, 4.69) is 43.1 Å².